The van der Waals surface area contributed by atoms with Gasteiger partial charge in [-0.3, -0.25) is 19.2 Å². The summed E-state index contributed by atoms with van der Waals surface area (Å²) < 4.78 is 0. The zero-order valence-electron chi connectivity index (χ0n) is 18.4. The molecule has 0 aliphatic heterocycles. The molecule has 8 N–H and O–H groups in total. The van der Waals surface area contributed by atoms with Gasteiger partial charge in [-0.15, -0.1) is 0 Å². The molecule has 0 aliphatic rings. The summed E-state index contributed by atoms with van der Waals surface area (Å²) in [4.78, 5) is 59.4. The van der Waals surface area contributed by atoms with Crippen molar-refractivity contribution in [1.82, 2.24) is 16.0 Å². The fourth-order valence-electron chi connectivity index (χ4n) is 2.61. The van der Waals surface area contributed by atoms with E-state index in [4.69, 9.17) is 10.8 Å². The first-order chi connectivity index (χ1) is 14.2. The molecule has 0 heterocycles. The Hall–Kier alpha value is -2.73. The van der Waals surface area contributed by atoms with Gasteiger partial charge in [-0.25, -0.2) is 4.79 Å². The van der Waals surface area contributed by atoms with Crippen molar-refractivity contribution in [2.24, 2.45) is 17.6 Å². The van der Waals surface area contributed by atoms with Crippen LogP contribution >= 0.6 is 0 Å². The van der Waals surface area contributed by atoms with E-state index in [-0.39, 0.29) is 12.8 Å². The maximum atomic E-state index is 12.7. The number of aliphatic carboxylic acids is 2. The fourth-order valence-corrected chi connectivity index (χ4v) is 2.61. The average molecular weight is 447 g/mol. The van der Waals surface area contributed by atoms with Crippen molar-refractivity contribution in [2.75, 3.05) is 0 Å². The molecule has 0 aromatic rings. The molecule has 0 aromatic heterocycles. The van der Waals surface area contributed by atoms with E-state index in [9.17, 15) is 34.2 Å². The third-order valence-electron chi connectivity index (χ3n) is 4.55. The molecule has 0 radical (unpaired) electrons. The molecule has 0 aromatic carbocycles. The van der Waals surface area contributed by atoms with Crippen LogP contribution in [-0.2, 0) is 24.0 Å². The Morgan fingerprint density at radius 3 is 1.55 bits per heavy atom. The van der Waals surface area contributed by atoms with Crippen LogP contribution in [0.3, 0.4) is 0 Å². The second kappa shape index (κ2) is 12.8. The van der Waals surface area contributed by atoms with Crippen LogP contribution in [0.4, 0.5) is 0 Å². The van der Waals surface area contributed by atoms with E-state index in [0.717, 1.165) is 0 Å². The molecule has 0 saturated heterocycles. The van der Waals surface area contributed by atoms with Gasteiger partial charge in [0.2, 0.25) is 17.7 Å². The molecule has 5 unspecified atom stereocenters. The number of carbonyl (C=O) groups is 5. The van der Waals surface area contributed by atoms with Gasteiger partial charge in [0.1, 0.15) is 18.1 Å². The molecular weight excluding hydrogens is 412 g/mol. The second-order valence-electron chi connectivity index (χ2n) is 8.06. The minimum Gasteiger partial charge on any atom is -0.481 e. The summed E-state index contributed by atoms with van der Waals surface area (Å²) in [6.07, 6.45) is -1.80. The topological polar surface area (TPSA) is 208 Å². The summed E-state index contributed by atoms with van der Waals surface area (Å²) in [5.74, 6) is -5.67. The number of amides is 3. The summed E-state index contributed by atoms with van der Waals surface area (Å²) in [5, 5.41) is 34.9. The third-order valence-corrected chi connectivity index (χ3v) is 4.55. The highest BCUT2D eigenvalue weighted by atomic mass is 16.4. The highest BCUT2D eigenvalue weighted by Crippen LogP contribution is 2.07. The summed E-state index contributed by atoms with van der Waals surface area (Å²) >= 11 is 0. The van der Waals surface area contributed by atoms with Gasteiger partial charge in [0.25, 0.3) is 0 Å². The van der Waals surface area contributed by atoms with Crippen molar-refractivity contribution in [2.45, 2.75) is 77.7 Å². The number of carboxylic acids is 2. The number of carbonyl (C=O) groups excluding carboxylic acids is 3. The lowest BCUT2D eigenvalue weighted by molar-refractivity contribution is -0.144. The quantitative estimate of drug-likeness (QED) is 0.174. The van der Waals surface area contributed by atoms with Crippen molar-refractivity contribution in [1.29, 1.82) is 0 Å². The van der Waals surface area contributed by atoms with Gasteiger partial charge >= 0.3 is 11.9 Å². The van der Waals surface area contributed by atoms with Crippen LogP contribution in [0.1, 0.15) is 47.5 Å². The summed E-state index contributed by atoms with van der Waals surface area (Å²) in [5.41, 5.74) is 5.66. The molecule has 0 spiro atoms. The second-order valence-corrected chi connectivity index (χ2v) is 8.06. The van der Waals surface area contributed by atoms with E-state index in [1.807, 2.05) is 0 Å². The zero-order valence-corrected chi connectivity index (χ0v) is 18.4. The van der Waals surface area contributed by atoms with Crippen LogP contribution < -0.4 is 21.7 Å². The first-order valence-electron chi connectivity index (χ1n) is 9.98. The molecule has 178 valence electrons. The SMILES string of the molecule is CC(C)C(NC(=O)C(NC(=O)C(NC(=O)C(N)CCC(=O)O)C(C)C)C(C)O)C(=O)O. The molecule has 0 saturated carbocycles. The van der Waals surface area contributed by atoms with E-state index in [0.29, 0.717) is 0 Å². The van der Waals surface area contributed by atoms with Gasteiger partial charge in [0.05, 0.1) is 12.1 Å². The Bertz CT molecular complexity index is 665. The van der Waals surface area contributed by atoms with Crippen molar-refractivity contribution in [3.63, 3.8) is 0 Å². The first-order valence-corrected chi connectivity index (χ1v) is 9.98. The Labute approximate surface area is 180 Å². The molecule has 0 aliphatic carbocycles. The standard InChI is InChI=1S/C19H34N4O8/c1-8(2)13(21-16(27)11(20)6-7-12(25)26)17(28)23-15(10(5)24)18(29)22-14(9(3)4)19(30)31/h8-11,13-15,24H,6-7,20H2,1-5H3,(H,21,27)(H,22,29)(H,23,28)(H,25,26)(H,30,31). The molecule has 31 heavy (non-hydrogen) atoms. The summed E-state index contributed by atoms with van der Waals surface area (Å²) in [6, 6.07) is -4.97. The van der Waals surface area contributed by atoms with Crippen LogP contribution in [0.25, 0.3) is 0 Å². The maximum absolute atomic E-state index is 12.7. The molecule has 12 heteroatoms. The number of rotatable bonds is 13. The predicted molar refractivity (Wildman–Crippen MR) is 110 cm³/mol. The van der Waals surface area contributed by atoms with E-state index in [1.165, 1.54) is 6.92 Å². The Kier molecular flexibility index (Phi) is 11.7. The number of carboxylic acid groups (broad SMARTS) is 2. The van der Waals surface area contributed by atoms with Crippen LogP contribution in [0, 0.1) is 11.8 Å². The van der Waals surface area contributed by atoms with Gasteiger partial charge in [-0.05, 0) is 25.2 Å². The van der Waals surface area contributed by atoms with Crippen molar-refractivity contribution in [3.8, 4) is 0 Å². The summed E-state index contributed by atoms with van der Waals surface area (Å²) in [6.45, 7) is 7.69. The van der Waals surface area contributed by atoms with Gasteiger partial charge < -0.3 is 37.0 Å². The van der Waals surface area contributed by atoms with E-state index in [1.54, 1.807) is 27.7 Å². The monoisotopic (exact) mass is 446 g/mol. The molecule has 0 bridgehead atoms. The molecule has 5 atom stereocenters. The minimum atomic E-state index is -1.47. The first kappa shape index (κ1) is 28.3. The molecular formula is C19H34N4O8. The third kappa shape index (κ3) is 9.75. The Morgan fingerprint density at radius 2 is 1.16 bits per heavy atom. The zero-order chi connectivity index (χ0) is 24.5. The number of nitrogens with one attached hydrogen (secondary N) is 3. The number of nitrogens with two attached hydrogens (primary N) is 1. The highest BCUT2D eigenvalue weighted by Gasteiger charge is 2.34. The molecule has 0 fully saturated rings. The van der Waals surface area contributed by atoms with Crippen LogP contribution in [0.5, 0.6) is 0 Å². The summed E-state index contributed by atoms with van der Waals surface area (Å²) in [7, 11) is 0. The molecule has 0 rings (SSSR count). The predicted octanol–water partition coefficient (Wildman–Crippen LogP) is -1.59. The number of hydrogen-bond acceptors (Lipinski definition) is 7. The minimum absolute atomic E-state index is 0.127. The van der Waals surface area contributed by atoms with Gasteiger partial charge in [-0.1, -0.05) is 27.7 Å². The normalized spacial score (nSPS) is 16.0. The number of aliphatic hydroxyl groups is 1. The molecule has 12 nitrogen and oxygen atoms in total. The Balaban J connectivity index is 5.31. The van der Waals surface area contributed by atoms with Crippen LogP contribution in [0.2, 0.25) is 0 Å². The maximum Gasteiger partial charge on any atom is 0.326 e. The lowest BCUT2D eigenvalue weighted by Gasteiger charge is -2.28. The number of aliphatic hydroxyl groups excluding tert-OH is 1. The molecule has 3 amide bonds. The van der Waals surface area contributed by atoms with Crippen LogP contribution in [-0.4, -0.2) is 75.3 Å². The lowest BCUT2D eigenvalue weighted by atomic mass is 10.0. The lowest BCUT2D eigenvalue weighted by Crippen LogP contribution is -2.61. The van der Waals surface area contributed by atoms with Crippen molar-refractivity contribution >= 4 is 29.7 Å². The van der Waals surface area contributed by atoms with Gasteiger partial charge in [0.15, 0.2) is 0 Å². The number of hydrogen-bond donors (Lipinski definition) is 7. The van der Waals surface area contributed by atoms with Crippen molar-refractivity contribution in [3.05, 3.63) is 0 Å². The Morgan fingerprint density at radius 1 is 0.742 bits per heavy atom. The van der Waals surface area contributed by atoms with E-state index >= 15 is 0 Å². The highest BCUT2D eigenvalue weighted by molar-refractivity contribution is 5.94. The average Bonchev–Trinajstić information content (AvgIpc) is 2.64. The van der Waals surface area contributed by atoms with Gasteiger partial charge in [-0.2, -0.15) is 0 Å². The van der Waals surface area contributed by atoms with Gasteiger partial charge in [0, 0.05) is 6.42 Å². The largest absolute Gasteiger partial charge is 0.481 e. The van der Waals surface area contributed by atoms with E-state index < -0.39 is 71.8 Å². The van der Waals surface area contributed by atoms with Crippen molar-refractivity contribution < 1.29 is 39.3 Å². The van der Waals surface area contributed by atoms with E-state index in [2.05, 4.69) is 16.0 Å². The fraction of sp³-hybridized carbons (Fsp3) is 0.737. The van der Waals surface area contributed by atoms with Crippen LogP contribution in [0.15, 0.2) is 0 Å². The smallest absolute Gasteiger partial charge is 0.326 e.